The van der Waals surface area contributed by atoms with E-state index in [4.69, 9.17) is 16.3 Å². The zero-order valence-corrected chi connectivity index (χ0v) is 17.5. The van der Waals surface area contributed by atoms with Gasteiger partial charge in [-0.25, -0.2) is 4.79 Å². The van der Waals surface area contributed by atoms with E-state index in [0.29, 0.717) is 48.7 Å². The van der Waals surface area contributed by atoms with Crippen LogP contribution in [0, 0.1) is 0 Å². The van der Waals surface area contributed by atoms with Crippen LogP contribution in [-0.4, -0.2) is 37.7 Å². The highest BCUT2D eigenvalue weighted by Crippen LogP contribution is 2.13. The largest absolute Gasteiger partial charge is 0.513 e. The van der Waals surface area contributed by atoms with Crippen LogP contribution in [0.5, 0.6) is 5.75 Å². The van der Waals surface area contributed by atoms with Crippen LogP contribution >= 0.6 is 11.6 Å². The Kier molecular flexibility index (Phi) is 9.67. The summed E-state index contributed by atoms with van der Waals surface area (Å²) in [6.45, 7) is 2.81. The van der Waals surface area contributed by atoms with Gasteiger partial charge in [-0.15, -0.1) is 0 Å². The molecule has 0 aliphatic carbocycles. The predicted molar refractivity (Wildman–Crippen MR) is 114 cm³/mol. The molecule has 2 rings (SSSR count). The minimum absolute atomic E-state index is 0.0338. The van der Waals surface area contributed by atoms with Crippen LogP contribution in [0.2, 0.25) is 5.02 Å². The van der Waals surface area contributed by atoms with E-state index in [2.05, 4.69) is 15.4 Å². The van der Waals surface area contributed by atoms with Gasteiger partial charge in [0, 0.05) is 30.1 Å². The number of carbonyl (C=O) groups excluding carboxylic acids is 3. The van der Waals surface area contributed by atoms with Gasteiger partial charge >= 0.3 is 6.16 Å². The fourth-order valence-electron chi connectivity index (χ4n) is 2.54. The molecule has 0 unspecified atom stereocenters. The monoisotopic (exact) mass is 432 g/mol. The van der Waals surface area contributed by atoms with Crippen LogP contribution in [-0.2, 0) is 16.0 Å². The van der Waals surface area contributed by atoms with E-state index in [-0.39, 0.29) is 18.4 Å². The molecule has 0 atom stereocenters. The molecule has 0 aromatic heterocycles. The van der Waals surface area contributed by atoms with E-state index < -0.39 is 6.16 Å². The standard InChI is InChI=1S/C22H25ClN2O5/c1-2-29-22(28)30-19-11-7-17(8-12-19)21(27)25-15-3-14-24-20(26)13-6-16-4-9-18(23)10-5-16/h4-5,7-12H,2-3,6,13-15H2,1H3,(H,24,26)(H,25,27). The maximum absolute atomic E-state index is 12.1. The van der Waals surface area contributed by atoms with Gasteiger partial charge in [0.1, 0.15) is 5.75 Å². The third-order valence-corrected chi connectivity index (χ3v) is 4.35. The van der Waals surface area contributed by atoms with Crippen molar-refractivity contribution in [1.29, 1.82) is 0 Å². The zero-order valence-electron chi connectivity index (χ0n) is 16.8. The molecule has 0 aliphatic heterocycles. The maximum Gasteiger partial charge on any atom is 0.513 e. The lowest BCUT2D eigenvalue weighted by atomic mass is 10.1. The Balaban J connectivity index is 1.60. The van der Waals surface area contributed by atoms with Crippen molar-refractivity contribution in [2.45, 2.75) is 26.2 Å². The number of halogens is 1. The van der Waals surface area contributed by atoms with Gasteiger partial charge in [0.25, 0.3) is 5.91 Å². The minimum atomic E-state index is -0.787. The Morgan fingerprint density at radius 3 is 2.27 bits per heavy atom. The van der Waals surface area contributed by atoms with Gasteiger partial charge in [0.05, 0.1) is 6.61 Å². The number of hydrogen-bond donors (Lipinski definition) is 2. The second-order valence-corrected chi connectivity index (χ2v) is 6.83. The van der Waals surface area contributed by atoms with E-state index in [1.165, 1.54) is 12.1 Å². The van der Waals surface area contributed by atoms with Gasteiger partial charge in [-0.2, -0.15) is 0 Å². The molecule has 0 radical (unpaired) electrons. The van der Waals surface area contributed by atoms with Crippen LogP contribution in [0.4, 0.5) is 4.79 Å². The molecular weight excluding hydrogens is 408 g/mol. The average Bonchev–Trinajstić information content (AvgIpc) is 2.73. The molecule has 0 aliphatic rings. The fourth-order valence-corrected chi connectivity index (χ4v) is 2.66. The van der Waals surface area contributed by atoms with Crippen LogP contribution in [0.15, 0.2) is 48.5 Å². The molecular formula is C22H25ClN2O5. The third kappa shape index (κ3) is 8.53. The summed E-state index contributed by atoms with van der Waals surface area (Å²) in [6.07, 6.45) is 0.872. The number of amides is 2. The third-order valence-electron chi connectivity index (χ3n) is 4.10. The van der Waals surface area contributed by atoms with Gasteiger partial charge in [-0.1, -0.05) is 23.7 Å². The summed E-state index contributed by atoms with van der Waals surface area (Å²) in [5.41, 5.74) is 1.50. The van der Waals surface area contributed by atoms with Gasteiger partial charge in [0.2, 0.25) is 5.91 Å². The lowest BCUT2D eigenvalue weighted by Crippen LogP contribution is -2.30. The second kappa shape index (κ2) is 12.5. The van der Waals surface area contributed by atoms with Crippen molar-refractivity contribution in [2.24, 2.45) is 0 Å². The molecule has 8 heteroatoms. The van der Waals surface area contributed by atoms with Crippen molar-refractivity contribution in [3.05, 3.63) is 64.7 Å². The highest BCUT2D eigenvalue weighted by Gasteiger charge is 2.08. The molecule has 0 fully saturated rings. The zero-order chi connectivity index (χ0) is 21.8. The first-order valence-electron chi connectivity index (χ1n) is 9.72. The minimum Gasteiger partial charge on any atom is -0.434 e. The number of nitrogens with one attached hydrogen (secondary N) is 2. The molecule has 2 aromatic rings. The summed E-state index contributed by atoms with van der Waals surface area (Å²) in [5.74, 6) is 0.0199. The molecule has 2 N–H and O–H groups in total. The molecule has 0 bridgehead atoms. The summed E-state index contributed by atoms with van der Waals surface area (Å²) in [7, 11) is 0. The summed E-state index contributed by atoms with van der Waals surface area (Å²) in [6, 6.07) is 13.6. The Hall–Kier alpha value is -3.06. The first kappa shape index (κ1) is 23.2. The van der Waals surface area contributed by atoms with Crippen LogP contribution in [0.1, 0.15) is 35.7 Å². The summed E-state index contributed by atoms with van der Waals surface area (Å²) in [5, 5.41) is 6.29. The number of benzene rings is 2. The van der Waals surface area contributed by atoms with Gasteiger partial charge in [-0.05, 0) is 61.7 Å². The van der Waals surface area contributed by atoms with E-state index in [1.54, 1.807) is 31.2 Å². The average molecular weight is 433 g/mol. The molecule has 0 heterocycles. The van der Waals surface area contributed by atoms with Crippen molar-refractivity contribution in [2.75, 3.05) is 19.7 Å². The lowest BCUT2D eigenvalue weighted by molar-refractivity contribution is -0.121. The number of ether oxygens (including phenoxy) is 2. The van der Waals surface area contributed by atoms with Crippen molar-refractivity contribution < 1.29 is 23.9 Å². The maximum atomic E-state index is 12.1. The number of carbonyl (C=O) groups is 3. The highest BCUT2D eigenvalue weighted by atomic mass is 35.5. The molecule has 0 spiro atoms. The number of hydrogen-bond acceptors (Lipinski definition) is 5. The Labute approximate surface area is 180 Å². The lowest BCUT2D eigenvalue weighted by Gasteiger charge is -2.08. The number of rotatable bonds is 10. The SMILES string of the molecule is CCOC(=O)Oc1ccc(C(=O)NCCCNC(=O)CCc2ccc(Cl)cc2)cc1. The quantitative estimate of drug-likeness (QED) is 0.339. The summed E-state index contributed by atoms with van der Waals surface area (Å²) in [4.78, 5) is 35.3. The molecule has 160 valence electrons. The van der Waals surface area contributed by atoms with E-state index >= 15 is 0 Å². The van der Waals surface area contributed by atoms with Crippen LogP contribution in [0.25, 0.3) is 0 Å². The fraction of sp³-hybridized carbons (Fsp3) is 0.318. The van der Waals surface area contributed by atoms with Crippen molar-refractivity contribution in [1.82, 2.24) is 10.6 Å². The van der Waals surface area contributed by atoms with Crippen LogP contribution in [0.3, 0.4) is 0 Å². The highest BCUT2D eigenvalue weighted by molar-refractivity contribution is 6.30. The van der Waals surface area contributed by atoms with Gasteiger partial charge < -0.3 is 20.1 Å². The van der Waals surface area contributed by atoms with E-state index in [1.807, 2.05) is 12.1 Å². The van der Waals surface area contributed by atoms with Gasteiger partial charge in [-0.3, -0.25) is 9.59 Å². The molecule has 0 saturated carbocycles. The smallest absolute Gasteiger partial charge is 0.434 e. The summed E-state index contributed by atoms with van der Waals surface area (Å²) < 4.78 is 9.62. The van der Waals surface area contributed by atoms with Crippen molar-refractivity contribution in [3.8, 4) is 5.75 Å². The number of aryl methyl sites for hydroxylation is 1. The Morgan fingerprint density at radius 1 is 0.933 bits per heavy atom. The van der Waals surface area contributed by atoms with Crippen molar-refractivity contribution in [3.63, 3.8) is 0 Å². The predicted octanol–water partition coefficient (Wildman–Crippen LogP) is 3.74. The second-order valence-electron chi connectivity index (χ2n) is 6.40. The van der Waals surface area contributed by atoms with Crippen molar-refractivity contribution >= 4 is 29.6 Å². The molecule has 0 saturated heterocycles. The molecule has 30 heavy (non-hydrogen) atoms. The Morgan fingerprint density at radius 2 is 1.60 bits per heavy atom. The normalized spacial score (nSPS) is 10.2. The summed E-state index contributed by atoms with van der Waals surface area (Å²) >= 11 is 5.84. The molecule has 2 amide bonds. The van der Waals surface area contributed by atoms with Gasteiger partial charge in [0.15, 0.2) is 0 Å². The molecule has 2 aromatic carbocycles. The first-order valence-corrected chi connectivity index (χ1v) is 10.1. The Bertz CT molecular complexity index is 838. The van der Waals surface area contributed by atoms with E-state index in [0.717, 1.165) is 5.56 Å². The van der Waals surface area contributed by atoms with Crippen LogP contribution < -0.4 is 15.4 Å². The first-order chi connectivity index (χ1) is 14.5. The molecule has 7 nitrogen and oxygen atoms in total. The van der Waals surface area contributed by atoms with E-state index in [9.17, 15) is 14.4 Å². The topological polar surface area (TPSA) is 93.7 Å².